The molecule has 1 aliphatic rings. The van der Waals surface area contributed by atoms with Crippen molar-refractivity contribution in [1.82, 2.24) is 0 Å². The van der Waals surface area contributed by atoms with Gasteiger partial charge in [-0.1, -0.05) is 19.1 Å². The summed E-state index contributed by atoms with van der Waals surface area (Å²) in [5.74, 6) is 0.716. The van der Waals surface area contributed by atoms with E-state index in [1.165, 1.54) is 6.42 Å². The number of hydrogen-bond acceptors (Lipinski definition) is 2. The molecule has 9 heavy (non-hydrogen) atoms. The molecule has 0 saturated heterocycles. The van der Waals surface area contributed by atoms with E-state index in [2.05, 4.69) is 19.1 Å². The second-order valence-corrected chi connectivity index (χ2v) is 3.40. The molecule has 1 unspecified atom stereocenters. The maximum atomic E-state index is 8.64. The molecule has 0 bridgehead atoms. The molecule has 2 heteroatoms. The molecule has 0 heterocycles. The number of rotatable bonds is 1. The van der Waals surface area contributed by atoms with Crippen molar-refractivity contribution < 1.29 is 4.55 Å². The van der Waals surface area contributed by atoms with Gasteiger partial charge in [-0.3, -0.25) is 0 Å². The quantitative estimate of drug-likeness (QED) is 0.451. The van der Waals surface area contributed by atoms with Crippen molar-refractivity contribution in [2.24, 2.45) is 5.92 Å². The predicted molar refractivity (Wildman–Crippen MR) is 41.5 cm³/mol. The van der Waals surface area contributed by atoms with Crippen molar-refractivity contribution in [2.75, 3.05) is 0 Å². The van der Waals surface area contributed by atoms with E-state index < -0.39 is 0 Å². The Morgan fingerprint density at radius 3 is 2.67 bits per heavy atom. The average molecular weight is 144 g/mol. The summed E-state index contributed by atoms with van der Waals surface area (Å²) in [6.45, 7) is 2.20. The summed E-state index contributed by atoms with van der Waals surface area (Å²) in [6.07, 6.45) is 6.61. The fraction of sp³-hybridized carbons (Fsp3) is 0.714. The summed E-state index contributed by atoms with van der Waals surface area (Å²) in [7, 11) is 0. The SMILES string of the molecule is C[C@H]1C=CC(SO)CC1. The minimum absolute atomic E-state index is 0.362. The van der Waals surface area contributed by atoms with Gasteiger partial charge in [-0.15, -0.1) is 0 Å². The van der Waals surface area contributed by atoms with Crippen LogP contribution in [-0.4, -0.2) is 9.80 Å². The van der Waals surface area contributed by atoms with Gasteiger partial charge < -0.3 is 4.55 Å². The van der Waals surface area contributed by atoms with Gasteiger partial charge in [0.2, 0.25) is 0 Å². The van der Waals surface area contributed by atoms with E-state index in [1.807, 2.05) is 0 Å². The molecule has 0 aromatic rings. The van der Waals surface area contributed by atoms with Crippen molar-refractivity contribution in [3.05, 3.63) is 12.2 Å². The molecular formula is C7H12OS. The first-order valence-electron chi connectivity index (χ1n) is 3.31. The van der Waals surface area contributed by atoms with Gasteiger partial charge in [-0.2, -0.15) is 0 Å². The van der Waals surface area contributed by atoms with Crippen LogP contribution in [0.5, 0.6) is 0 Å². The normalized spacial score (nSPS) is 34.9. The highest BCUT2D eigenvalue weighted by atomic mass is 32.2. The first-order chi connectivity index (χ1) is 4.33. The lowest BCUT2D eigenvalue weighted by Crippen LogP contribution is -2.06. The molecule has 2 atom stereocenters. The Bertz CT molecular complexity index is 111. The first kappa shape index (κ1) is 7.16. The summed E-state index contributed by atoms with van der Waals surface area (Å²) < 4.78 is 8.64. The van der Waals surface area contributed by atoms with E-state index in [1.54, 1.807) is 0 Å². The zero-order valence-corrected chi connectivity index (χ0v) is 6.40. The van der Waals surface area contributed by atoms with Crippen LogP contribution in [0.25, 0.3) is 0 Å². The summed E-state index contributed by atoms with van der Waals surface area (Å²) in [5, 5.41) is 0.362. The highest BCUT2D eigenvalue weighted by Gasteiger charge is 2.11. The van der Waals surface area contributed by atoms with Gasteiger partial charge in [0.1, 0.15) is 0 Å². The monoisotopic (exact) mass is 144 g/mol. The lowest BCUT2D eigenvalue weighted by atomic mass is 9.98. The Hall–Kier alpha value is 0.0500. The van der Waals surface area contributed by atoms with Crippen LogP contribution >= 0.6 is 12.0 Å². The minimum Gasteiger partial charge on any atom is -0.329 e. The second kappa shape index (κ2) is 3.28. The Kier molecular flexibility index (Phi) is 2.61. The maximum Gasteiger partial charge on any atom is 0.0488 e. The van der Waals surface area contributed by atoms with Crippen LogP contribution in [-0.2, 0) is 0 Å². The molecule has 0 aliphatic heterocycles. The molecule has 1 N–H and O–H groups in total. The third-order valence-corrected chi connectivity index (χ3v) is 2.36. The van der Waals surface area contributed by atoms with Crippen LogP contribution in [0.3, 0.4) is 0 Å². The molecule has 0 amide bonds. The van der Waals surface area contributed by atoms with Crippen molar-refractivity contribution in [3.8, 4) is 0 Å². The van der Waals surface area contributed by atoms with E-state index >= 15 is 0 Å². The number of allylic oxidation sites excluding steroid dienone is 1. The lowest BCUT2D eigenvalue weighted by molar-refractivity contribution is 0.574. The molecule has 0 fully saturated rings. The third kappa shape index (κ3) is 2.03. The summed E-state index contributed by atoms with van der Waals surface area (Å²) >= 11 is 0.961. The molecule has 0 aromatic carbocycles. The molecular weight excluding hydrogens is 132 g/mol. The molecule has 0 saturated carbocycles. The van der Waals surface area contributed by atoms with Crippen molar-refractivity contribution in [1.29, 1.82) is 0 Å². The smallest absolute Gasteiger partial charge is 0.0488 e. The van der Waals surface area contributed by atoms with Crippen LogP contribution in [0.4, 0.5) is 0 Å². The van der Waals surface area contributed by atoms with E-state index in [4.69, 9.17) is 4.55 Å². The Morgan fingerprint density at radius 1 is 1.44 bits per heavy atom. The summed E-state index contributed by atoms with van der Waals surface area (Å²) in [5.41, 5.74) is 0. The average Bonchev–Trinajstić information content (AvgIpc) is 1.90. The van der Waals surface area contributed by atoms with E-state index in [9.17, 15) is 0 Å². The first-order valence-corrected chi connectivity index (χ1v) is 4.15. The molecule has 1 rings (SSSR count). The minimum atomic E-state index is 0.362. The van der Waals surface area contributed by atoms with Crippen molar-refractivity contribution >= 4 is 12.0 Å². The standard InChI is InChI=1S/C7H12OS/c1-6-2-4-7(9-8)5-3-6/h2,4,6-8H,3,5H2,1H3/t6-,7?/m0/s1. The highest BCUT2D eigenvalue weighted by Crippen LogP contribution is 2.23. The van der Waals surface area contributed by atoms with Crippen LogP contribution in [0, 0.1) is 5.92 Å². The van der Waals surface area contributed by atoms with Crippen LogP contribution < -0.4 is 0 Å². The van der Waals surface area contributed by atoms with E-state index in [-0.39, 0.29) is 0 Å². The zero-order valence-electron chi connectivity index (χ0n) is 5.58. The maximum absolute atomic E-state index is 8.64. The van der Waals surface area contributed by atoms with Gasteiger partial charge in [-0.05, 0) is 30.8 Å². The third-order valence-electron chi connectivity index (χ3n) is 1.70. The number of hydrogen-bond donors (Lipinski definition) is 1. The fourth-order valence-corrected chi connectivity index (χ4v) is 1.42. The largest absolute Gasteiger partial charge is 0.329 e. The Balaban J connectivity index is 2.38. The molecule has 52 valence electrons. The summed E-state index contributed by atoms with van der Waals surface area (Å²) in [4.78, 5) is 0. The van der Waals surface area contributed by atoms with Crippen molar-refractivity contribution in [3.63, 3.8) is 0 Å². The predicted octanol–water partition coefficient (Wildman–Crippen LogP) is 2.55. The molecule has 1 nitrogen and oxygen atoms in total. The van der Waals surface area contributed by atoms with Gasteiger partial charge in [0, 0.05) is 5.25 Å². The van der Waals surface area contributed by atoms with Gasteiger partial charge in [0.15, 0.2) is 0 Å². The Morgan fingerprint density at radius 2 is 2.22 bits per heavy atom. The molecule has 0 radical (unpaired) electrons. The van der Waals surface area contributed by atoms with Gasteiger partial charge >= 0.3 is 0 Å². The van der Waals surface area contributed by atoms with Crippen LogP contribution in [0.2, 0.25) is 0 Å². The molecule has 0 aromatic heterocycles. The second-order valence-electron chi connectivity index (χ2n) is 2.58. The molecule has 1 aliphatic carbocycles. The van der Waals surface area contributed by atoms with Crippen molar-refractivity contribution in [2.45, 2.75) is 25.0 Å². The van der Waals surface area contributed by atoms with Crippen LogP contribution in [0.15, 0.2) is 12.2 Å². The summed E-state index contributed by atoms with van der Waals surface area (Å²) in [6, 6.07) is 0. The van der Waals surface area contributed by atoms with Crippen LogP contribution in [0.1, 0.15) is 19.8 Å². The lowest BCUT2D eigenvalue weighted by Gasteiger charge is -2.16. The van der Waals surface area contributed by atoms with Gasteiger partial charge in [0.25, 0.3) is 0 Å². The fourth-order valence-electron chi connectivity index (χ4n) is 1.02. The van der Waals surface area contributed by atoms with E-state index in [0.29, 0.717) is 11.2 Å². The van der Waals surface area contributed by atoms with Gasteiger partial charge in [-0.25, -0.2) is 0 Å². The highest BCUT2D eigenvalue weighted by molar-refractivity contribution is 7.94. The van der Waals surface area contributed by atoms with E-state index in [0.717, 1.165) is 18.5 Å². The topological polar surface area (TPSA) is 20.2 Å². The van der Waals surface area contributed by atoms with Gasteiger partial charge in [0.05, 0.1) is 0 Å². The Labute approximate surface area is 60.4 Å². The zero-order chi connectivity index (χ0) is 6.69. The molecule has 0 spiro atoms.